The van der Waals surface area contributed by atoms with Gasteiger partial charge in [-0.1, -0.05) is 23.7 Å². The fourth-order valence-corrected chi connectivity index (χ4v) is 1.27. The summed E-state index contributed by atoms with van der Waals surface area (Å²) in [5, 5.41) is 1.56. The molecule has 5 heteroatoms. The molecule has 1 rings (SSSR count). The van der Waals surface area contributed by atoms with Gasteiger partial charge >= 0.3 is 5.51 Å². The molecule has 76 valence electrons. The zero-order valence-electron chi connectivity index (χ0n) is 6.88. The predicted octanol–water partition coefficient (Wildman–Crippen LogP) is 4.56. The van der Waals surface area contributed by atoms with E-state index in [1.165, 1.54) is 6.08 Å². The second-order valence-corrected chi connectivity index (χ2v) is 3.83. The lowest BCUT2D eigenvalue weighted by Crippen LogP contribution is -1.96. The van der Waals surface area contributed by atoms with Gasteiger partial charge in [0.05, 0.1) is 0 Å². The minimum absolute atomic E-state index is 0.181. The highest BCUT2D eigenvalue weighted by Gasteiger charge is 2.26. The van der Waals surface area contributed by atoms with Crippen LogP contribution in [0.1, 0.15) is 5.56 Å². The number of hydrogen-bond acceptors (Lipinski definition) is 1. The maximum atomic E-state index is 11.7. The van der Waals surface area contributed by atoms with Crippen LogP contribution in [0.5, 0.6) is 0 Å². The summed E-state index contributed by atoms with van der Waals surface area (Å²) in [7, 11) is 0. The van der Waals surface area contributed by atoms with E-state index in [2.05, 4.69) is 0 Å². The zero-order valence-corrected chi connectivity index (χ0v) is 8.46. The maximum absolute atomic E-state index is 11.7. The molecule has 0 unspecified atom stereocenters. The molecule has 0 nitrogen and oxygen atoms in total. The predicted molar refractivity (Wildman–Crippen MR) is 54.1 cm³/mol. The Balaban J connectivity index is 2.57. The second-order valence-electron chi connectivity index (χ2n) is 2.42. The highest BCUT2D eigenvalue weighted by molar-refractivity contribution is 8.03. The highest BCUT2D eigenvalue weighted by atomic mass is 35.5. The van der Waals surface area contributed by atoms with E-state index in [-0.39, 0.29) is 11.8 Å². The molecular weight excluding hydrogens is 233 g/mol. The second kappa shape index (κ2) is 4.75. The van der Waals surface area contributed by atoms with Crippen molar-refractivity contribution in [3.05, 3.63) is 40.3 Å². The molecule has 0 atom stereocenters. The van der Waals surface area contributed by atoms with Gasteiger partial charge in [-0.3, -0.25) is 0 Å². The van der Waals surface area contributed by atoms with E-state index in [4.69, 9.17) is 11.6 Å². The fourth-order valence-electron chi connectivity index (χ4n) is 0.764. The lowest BCUT2D eigenvalue weighted by molar-refractivity contribution is -0.0319. The van der Waals surface area contributed by atoms with Gasteiger partial charge in [0.2, 0.25) is 0 Å². The van der Waals surface area contributed by atoms with E-state index in [1.807, 2.05) is 0 Å². The number of thioether (sulfide) groups is 1. The van der Waals surface area contributed by atoms with Crippen molar-refractivity contribution in [3.63, 3.8) is 0 Å². The van der Waals surface area contributed by atoms with Crippen molar-refractivity contribution in [2.24, 2.45) is 0 Å². The smallest absolute Gasteiger partial charge is 0.160 e. The van der Waals surface area contributed by atoms with Crippen LogP contribution in [0.4, 0.5) is 13.2 Å². The molecular formula is C9H6ClF3S. The van der Waals surface area contributed by atoms with E-state index in [0.29, 0.717) is 10.6 Å². The van der Waals surface area contributed by atoms with Crippen molar-refractivity contribution < 1.29 is 13.2 Å². The minimum atomic E-state index is -4.22. The lowest BCUT2D eigenvalue weighted by Gasteiger charge is -1.99. The summed E-state index contributed by atoms with van der Waals surface area (Å²) in [6, 6.07) is 6.55. The van der Waals surface area contributed by atoms with E-state index in [9.17, 15) is 13.2 Å². The van der Waals surface area contributed by atoms with Gasteiger partial charge in [0, 0.05) is 5.02 Å². The Morgan fingerprint density at radius 3 is 2.21 bits per heavy atom. The molecule has 0 saturated heterocycles. The SMILES string of the molecule is FC(F)(F)S/C=C/c1ccc(Cl)cc1. The largest absolute Gasteiger partial charge is 0.445 e. The molecule has 1 aromatic carbocycles. The van der Waals surface area contributed by atoms with Crippen LogP contribution in [0, 0.1) is 0 Å². The summed E-state index contributed by atoms with van der Waals surface area (Å²) in [5.41, 5.74) is -3.53. The molecule has 0 amide bonds. The molecule has 0 N–H and O–H groups in total. The monoisotopic (exact) mass is 238 g/mol. The van der Waals surface area contributed by atoms with Gasteiger partial charge < -0.3 is 0 Å². The average Bonchev–Trinajstić information content (AvgIpc) is 2.06. The Hall–Kier alpha value is -0.610. The Morgan fingerprint density at radius 2 is 1.71 bits per heavy atom. The topological polar surface area (TPSA) is 0 Å². The van der Waals surface area contributed by atoms with Crippen LogP contribution in [0.2, 0.25) is 5.02 Å². The Morgan fingerprint density at radius 1 is 1.14 bits per heavy atom. The summed E-state index contributed by atoms with van der Waals surface area (Å²) in [6.07, 6.45) is 1.38. The third kappa shape index (κ3) is 4.58. The lowest BCUT2D eigenvalue weighted by atomic mass is 10.2. The molecule has 14 heavy (non-hydrogen) atoms. The first-order valence-corrected chi connectivity index (χ1v) is 4.90. The molecule has 0 heterocycles. The molecule has 0 aromatic heterocycles. The molecule has 1 aromatic rings. The number of benzene rings is 1. The van der Waals surface area contributed by atoms with Crippen LogP contribution in [-0.2, 0) is 0 Å². The standard InChI is InChI=1S/C9H6ClF3S/c10-8-3-1-7(2-4-8)5-6-14-9(11,12)13/h1-6H/b6-5+. The Kier molecular flexibility index (Phi) is 3.89. The van der Waals surface area contributed by atoms with Gasteiger partial charge in [0.25, 0.3) is 0 Å². The van der Waals surface area contributed by atoms with E-state index in [1.54, 1.807) is 24.3 Å². The van der Waals surface area contributed by atoms with Crippen LogP contribution >= 0.6 is 23.4 Å². The highest BCUT2D eigenvalue weighted by Crippen LogP contribution is 2.31. The van der Waals surface area contributed by atoms with Crippen molar-refractivity contribution in [3.8, 4) is 0 Å². The quantitative estimate of drug-likeness (QED) is 0.728. The average molecular weight is 239 g/mol. The molecule has 0 aliphatic carbocycles. The van der Waals surface area contributed by atoms with Crippen molar-refractivity contribution in [2.45, 2.75) is 5.51 Å². The van der Waals surface area contributed by atoms with Gasteiger partial charge in [0.1, 0.15) is 0 Å². The third-order valence-electron chi connectivity index (χ3n) is 1.33. The summed E-state index contributed by atoms with van der Waals surface area (Å²) in [6.45, 7) is 0. The molecule has 0 bridgehead atoms. The van der Waals surface area contributed by atoms with Crippen molar-refractivity contribution >= 4 is 29.4 Å². The number of hydrogen-bond donors (Lipinski definition) is 0. The normalized spacial score (nSPS) is 12.3. The van der Waals surface area contributed by atoms with Crippen LogP contribution in [0.3, 0.4) is 0 Å². The Labute approximate surface area is 88.8 Å². The molecule has 0 fully saturated rings. The summed E-state index contributed by atoms with van der Waals surface area (Å²) in [4.78, 5) is 0. The number of alkyl halides is 3. The van der Waals surface area contributed by atoms with E-state index >= 15 is 0 Å². The molecule has 0 spiro atoms. The van der Waals surface area contributed by atoms with Crippen molar-refractivity contribution in [2.75, 3.05) is 0 Å². The molecule has 0 radical (unpaired) electrons. The van der Waals surface area contributed by atoms with Gasteiger partial charge in [-0.05, 0) is 40.9 Å². The number of halogens is 4. The van der Waals surface area contributed by atoms with Gasteiger partial charge in [0.15, 0.2) is 0 Å². The van der Waals surface area contributed by atoms with Gasteiger partial charge in [-0.25, -0.2) is 0 Å². The van der Waals surface area contributed by atoms with Crippen LogP contribution in [0.15, 0.2) is 29.7 Å². The Bertz CT molecular complexity index is 316. The molecule has 0 aliphatic heterocycles. The third-order valence-corrected chi connectivity index (χ3v) is 2.12. The van der Waals surface area contributed by atoms with E-state index < -0.39 is 5.51 Å². The van der Waals surface area contributed by atoms with Crippen LogP contribution in [-0.4, -0.2) is 5.51 Å². The van der Waals surface area contributed by atoms with Gasteiger partial charge in [-0.2, -0.15) is 13.2 Å². The number of rotatable bonds is 2. The van der Waals surface area contributed by atoms with Gasteiger partial charge in [-0.15, -0.1) is 0 Å². The van der Waals surface area contributed by atoms with Crippen LogP contribution in [0.25, 0.3) is 6.08 Å². The van der Waals surface area contributed by atoms with Crippen LogP contribution < -0.4 is 0 Å². The molecule has 0 saturated carbocycles. The fraction of sp³-hybridized carbons (Fsp3) is 0.111. The van der Waals surface area contributed by atoms with Crippen molar-refractivity contribution in [1.82, 2.24) is 0 Å². The minimum Gasteiger partial charge on any atom is -0.160 e. The summed E-state index contributed by atoms with van der Waals surface area (Å²) in [5.74, 6) is 0. The first kappa shape index (κ1) is 11.5. The first-order chi connectivity index (χ1) is 6.47. The zero-order chi connectivity index (χ0) is 10.6. The van der Waals surface area contributed by atoms with E-state index in [0.717, 1.165) is 5.41 Å². The summed E-state index contributed by atoms with van der Waals surface area (Å²) < 4.78 is 35.1. The molecule has 0 aliphatic rings. The summed E-state index contributed by atoms with van der Waals surface area (Å²) >= 11 is 5.43. The maximum Gasteiger partial charge on any atom is 0.445 e. The van der Waals surface area contributed by atoms with Crippen molar-refractivity contribution in [1.29, 1.82) is 0 Å². The first-order valence-electron chi connectivity index (χ1n) is 3.64.